The molecule has 0 unspecified atom stereocenters. The molecule has 2 rings (SSSR count). The molecule has 1 amide bonds. The third-order valence-corrected chi connectivity index (χ3v) is 2.85. The van der Waals surface area contributed by atoms with Crippen molar-refractivity contribution in [1.82, 2.24) is 20.2 Å². The lowest BCUT2D eigenvalue weighted by molar-refractivity contribution is -0.114. The highest BCUT2D eigenvalue weighted by Crippen LogP contribution is 2.25. The molecule has 1 aromatic carbocycles. The standard InChI is InChI=1S/C13H16F2N6O/c1-3-4-21-13(18-19-20-21)7-16-11-5-9(14)10(15)6-12(11)17-8(2)22/h5-6,16H,3-4,7H2,1-2H3,(H,17,22). The van der Waals surface area contributed by atoms with Crippen LogP contribution in [0.3, 0.4) is 0 Å². The summed E-state index contributed by atoms with van der Waals surface area (Å²) in [6, 6.07) is 1.91. The van der Waals surface area contributed by atoms with Crippen LogP contribution in [0.5, 0.6) is 0 Å². The van der Waals surface area contributed by atoms with Gasteiger partial charge in [-0.25, -0.2) is 13.5 Å². The van der Waals surface area contributed by atoms with Crippen molar-refractivity contribution in [1.29, 1.82) is 0 Å². The van der Waals surface area contributed by atoms with E-state index in [-0.39, 0.29) is 23.8 Å². The molecule has 0 aliphatic carbocycles. The summed E-state index contributed by atoms with van der Waals surface area (Å²) in [6.45, 7) is 4.14. The van der Waals surface area contributed by atoms with Gasteiger partial charge in [-0.2, -0.15) is 0 Å². The summed E-state index contributed by atoms with van der Waals surface area (Å²) in [5.74, 6) is -1.87. The fourth-order valence-corrected chi connectivity index (χ4v) is 1.90. The second kappa shape index (κ2) is 6.92. The summed E-state index contributed by atoms with van der Waals surface area (Å²) >= 11 is 0. The maximum absolute atomic E-state index is 13.4. The van der Waals surface area contributed by atoms with Gasteiger partial charge < -0.3 is 10.6 Å². The van der Waals surface area contributed by atoms with Gasteiger partial charge in [-0.15, -0.1) is 5.10 Å². The number of rotatable bonds is 6. The Bertz CT molecular complexity index is 673. The van der Waals surface area contributed by atoms with Crippen LogP contribution in [0.1, 0.15) is 26.1 Å². The third kappa shape index (κ3) is 3.74. The average Bonchev–Trinajstić information content (AvgIpc) is 2.88. The first-order chi connectivity index (χ1) is 10.5. The summed E-state index contributed by atoms with van der Waals surface area (Å²) in [7, 11) is 0. The molecular formula is C13H16F2N6O. The van der Waals surface area contributed by atoms with E-state index in [1.807, 2.05) is 6.92 Å². The summed E-state index contributed by atoms with van der Waals surface area (Å²) in [5, 5.41) is 16.6. The zero-order valence-electron chi connectivity index (χ0n) is 12.2. The van der Waals surface area contributed by atoms with Crippen molar-refractivity contribution in [2.24, 2.45) is 0 Å². The van der Waals surface area contributed by atoms with Crippen molar-refractivity contribution in [3.05, 3.63) is 29.6 Å². The molecule has 0 spiro atoms. The van der Waals surface area contributed by atoms with Crippen molar-refractivity contribution in [3.63, 3.8) is 0 Å². The number of nitrogens with one attached hydrogen (secondary N) is 2. The molecule has 7 nitrogen and oxygen atoms in total. The van der Waals surface area contributed by atoms with Gasteiger partial charge in [0, 0.05) is 25.6 Å². The quantitative estimate of drug-likeness (QED) is 0.851. The summed E-state index contributed by atoms with van der Waals surface area (Å²) in [4.78, 5) is 11.1. The van der Waals surface area contributed by atoms with Crippen molar-refractivity contribution in [3.8, 4) is 0 Å². The maximum Gasteiger partial charge on any atom is 0.221 e. The fraction of sp³-hybridized carbons (Fsp3) is 0.385. The highest BCUT2D eigenvalue weighted by Gasteiger charge is 2.12. The number of hydrogen-bond acceptors (Lipinski definition) is 5. The Balaban J connectivity index is 2.19. The molecular weight excluding hydrogens is 294 g/mol. The van der Waals surface area contributed by atoms with Gasteiger partial charge in [0.05, 0.1) is 17.9 Å². The highest BCUT2D eigenvalue weighted by atomic mass is 19.2. The number of nitrogens with zero attached hydrogens (tertiary/aromatic N) is 4. The molecule has 118 valence electrons. The highest BCUT2D eigenvalue weighted by molar-refractivity contribution is 5.92. The fourth-order valence-electron chi connectivity index (χ4n) is 1.90. The van der Waals surface area contributed by atoms with E-state index in [0.29, 0.717) is 12.4 Å². The van der Waals surface area contributed by atoms with Crippen LogP contribution >= 0.6 is 0 Å². The number of carbonyl (C=O) groups is 1. The number of aryl methyl sites for hydroxylation is 1. The van der Waals surface area contributed by atoms with E-state index in [2.05, 4.69) is 26.2 Å². The normalized spacial score (nSPS) is 10.5. The molecule has 0 fully saturated rings. The predicted molar refractivity (Wildman–Crippen MR) is 76.1 cm³/mol. The molecule has 1 heterocycles. The third-order valence-electron chi connectivity index (χ3n) is 2.85. The molecule has 2 N–H and O–H groups in total. The molecule has 0 atom stereocenters. The minimum Gasteiger partial charge on any atom is -0.376 e. The molecule has 0 bridgehead atoms. The second-order valence-electron chi connectivity index (χ2n) is 4.66. The van der Waals surface area contributed by atoms with E-state index >= 15 is 0 Å². The number of carbonyl (C=O) groups excluding carboxylic acids is 1. The second-order valence-corrected chi connectivity index (χ2v) is 4.66. The van der Waals surface area contributed by atoms with E-state index in [9.17, 15) is 13.6 Å². The first kappa shape index (κ1) is 15.8. The molecule has 1 aromatic heterocycles. The Labute approximate surface area is 125 Å². The van der Waals surface area contributed by atoms with E-state index in [0.717, 1.165) is 18.6 Å². The van der Waals surface area contributed by atoms with Crippen LogP contribution in [-0.4, -0.2) is 26.1 Å². The Morgan fingerprint density at radius 2 is 1.95 bits per heavy atom. The Hall–Kier alpha value is -2.58. The average molecular weight is 310 g/mol. The number of halogens is 2. The molecule has 0 aliphatic heterocycles. The van der Waals surface area contributed by atoms with Crippen LogP contribution in [0.25, 0.3) is 0 Å². The smallest absolute Gasteiger partial charge is 0.221 e. The monoisotopic (exact) mass is 310 g/mol. The van der Waals surface area contributed by atoms with E-state index in [1.165, 1.54) is 6.92 Å². The van der Waals surface area contributed by atoms with Gasteiger partial charge in [0.15, 0.2) is 17.5 Å². The van der Waals surface area contributed by atoms with Crippen LogP contribution in [0.15, 0.2) is 12.1 Å². The van der Waals surface area contributed by atoms with E-state index in [1.54, 1.807) is 4.68 Å². The maximum atomic E-state index is 13.4. The zero-order valence-corrected chi connectivity index (χ0v) is 12.2. The zero-order chi connectivity index (χ0) is 16.1. The van der Waals surface area contributed by atoms with Crippen LogP contribution in [0, 0.1) is 11.6 Å². The molecule has 2 aromatic rings. The minimum atomic E-state index is -1.04. The van der Waals surface area contributed by atoms with Crippen molar-refractivity contribution in [2.75, 3.05) is 10.6 Å². The summed E-state index contributed by atoms with van der Waals surface area (Å²) < 4.78 is 28.3. The predicted octanol–water partition coefficient (Wildman–Crippen LogP) is 1.93. The lowest BCUT2D eigenvalue weighted by atomic mass is 10.2. The molecule has 0 saturated carbocycles. The molecule has 0 aliphatic rings. The molecule has 0 radical (unpaired) electrons. The van der Waals surface area contributed by atoms with Crippen LogP contribution in [0.4, 0.5) is 20.2 Å². The van der Waals surface area contributed by atoms with Gasteiger partial charge in [0.25, 0.3) is 0 Å². The van der Waals surface area contributed by atoms with Crippen LogP contribution in [0.2, 0.25) is 0 Å². The van der Waals surface area contributed by atoms with Gasteiger partial charge in [-0.3, -0.25) is 4.79 Å². The summed E-state index contributed by atoms with van der Waals surface area (Å²) in [6.07, 6.45) is 0.861. The number of hydrogen-bond donors (Lipinski definition) is 2. The lowest BCUT2D eigenvalue weighted by Gasteiger charge is -2.13. The molecule has 0 saturated heterocycles. The Morgan fingerprint density at radius 1 is 1.27 bits per heavy atom. The van der Waals surface area contributed by atoms with Gasteiger partial charge in [-0.1, -0.05) is 6.92 Å². The Morgan fingerprint density at radius 3 is 2.59 bits per heavy atom. The minimum absolute atomic E-state index is 0.154. The molecule has 22 heavy (non-hydrogen) atoms. The van der Waals surface area contributed by atoms with Crippen LogP contribution < -0.4 is 10.6 Å². The number of amides is 1. The Kier molecular flexibility index (Phi) is 4.97. The van der Waals surface area contributed by atoms with Gasteiger partial charge in [0.2, 0.25) is 5.91 Å². The number of anilines is 2. The van der Waals surface area contributed by atoms with Gasteiger partial charge >= 0.3 is 0 Å². The summed E-state index contributed by atoms with van der Waals surface area (Å²) in [5.41, 5.74) is 0.404. The number of aromatic nitrogens is 4. The first-order valence-electron chi connectivity index (χ1n) is 6.76. The first-order valence-corrected chi connectivity index (χ1v) is 6.76. The van der Waals surface area contributed by atoms with Crippen molar-refractivity contribution in [2.45, 2.75) is 33.4 Å². The van der Waals surface area contributed by atoms with E-state index in [4.69, 9.17) is 0 Å². The lowest BCUT2D eigenvalue weighted by Crippen LogP contribution is -2.13. The van der Waals surface area contributed by atoms with Gasteiger partial charge in [-0.05, 0) is 16.8 Å². The van der Waals surface area contributed by atoms with Crippen molar-refractivity contribution < 1.29 is 13.6 Å². The van der Waals surface area contributed by atoms with E-state index < -0.39 is 11.6 Å². The number of benzene rings is 1. The van der Waals surface area contributed by atoms with Gasteiger partial charge in [0.1, 0.15) is 0 Å². The SMILES string of the molecule is CCCn1nnnc1CNc1cc(F)c(F)cc1NC(C)=O. The number of tetrazole rings is 1. The topological polar surface area (TPSA) is 84.7 Å². The van der Waals surface area contributed by atoms with Crippen LogP contribution in [-0.2, 0) is 17.9 Å². The largest absolute Gasteiger partial charge is 0.376 e. The van der Waals surface area contributed by atoms with Crippen molar-refractivity contribution >= 4 is 17.3 Å². The molecule has 9 heteroatoms.